The number of rotatable bonds is 9. The Labute approximate surface area is 226 Å². The lowest BCUT2D eigenvalue weighted by Crippen LogP contribution is -2.45. The molecule has 1 aliphatic heterocycles. The minimum Gasteiger partial charge on any atom is -0.476 e. The van der Waals surface area contributed by atoms with Crippen LogP contribution in [0.4, 0.5) is 11.6 Å². The summed E-state index contributed by atoms with van der Waals surface area (Å²) in [5.41, 5.74) is 3.41. The Morgan fingerprint density at radius 1 is 1.18 bits per heavy atom. The van der Waals surface area contributed by atoms with E-state index in [1.807, 2.05) is 35.8 Å². The van der Waals surface area contributed by atoms with Gasteiger partial charge < -0.3 is 19.4 Å². The lowest BCUT2D eigenvalue weighted by Gasteiger charge is -2.31. The van der Waals surface area contributed by atoms with Crippen molar-refractivity contribution in [2.24, 2.45) is 0 Å². The van der Waals surface area contributed by atoms with E-state index in [2.05, 4.69) is 35.8 Å². The van der Waals surface area contributed by atoms with Gasteiger partial charge in [-0.1, -0.05) is 31.2 Å². The van der Waals surface area contributed by atoms with E-state index in [9.17, 15) is 9.59 Å². The SMILES string of the molecule is CCOCCCn1c(NC(=O)c2ccc(-c3cccc(CC)c3)s2)nc2cc3c(cc21)OC(C)(C)C(=O)N3. The van der Waals surface area contributed by atoms with Gasteiger partial charge in [-0.05, 0) is 62.9 Å². The topological polar surface area (TPSA) is 94.5 Å². The number of aryl methyl sites for hydroxylation is 2. The second kappa shape index (κ2) is 10.6. The normalized spacial score (nSPS) is 14.2. The van der Waals surface area contributed by atoms with Gasteiger partial charge in [0.2, 0.25) is 5.95 Å². The lowest BCUT2D eigenvalue weighted by atomic mass is 10.1. The molecule has 4 aromatic rings. The number of carbonyl (C=O) groups is 2. The van der Waals surface area contributed by atoms with E-state index in [4.69, 9.17) is 14.5 Å². The van der Waals surface area contributed by atoms with E-state index in [-0.39, 0.29) is 11.8 Å². The summed E-state index contributed by atoms with van der Waals surface area (Å²) in [6.07, 6.45) is 1.71. The number of aromatic nitrogens is 2. The molecule has 0 saturated heterocycles. The Hall–Kier alpha value is -3.69. The van der Waals surface area contributed by atoms with Gasteiger partial charge in [0.25, 0.3) is 11.8 Å². The number of amides is 2. The van der Waals surface area contributed by atoms with Crippen LogP contribution in [-0.4, -0.2) is 40.2 Å². The summed E-state index contributed by atoms with van der Waals surface area (Å²) in [6, 6.07) is 15.9. The Kier molecular flexibility index (Phi) is 7.23. The third-order valence-corrected chi connectivity index (χ3v) is 7.69. The molecule has 5 rings (SSSR count). The van der Waals surface area contributed by atoms with Crippen LogP contribution in [-0.2, 0) is 22.5 Å². The zero-order valence-electron chi connectivity index (χ0n) is 22.1. The van der Waals surface area contributed by atoms with Gasteiger partial charge in [0.1, 0.15) is 5.75 Å². The molecule has 2 aromatic carbocycles. The van der Waals surface area contributed by atoms with Gasteiger partial charge in [0.05, 0.1) is 21.6 Å². The fourth-order valence-corrected chi connectivity index (χ4v) is 5.34. The molecule has 0 fully saturated rings. The van der Waals surface area contributed by atoms with Crippen LogP contribution >= 0.6 is 11.3 Å². The summed E-state index contributed by atoms with van der Waals surface area (Å²) in [5.74, 6) is 0.581. The number of nitrogens with zero attached hydrogens (tertiary/aromatic N) is 2. The zero-order valence-corrected chi connectivity index (χ0v) is 22.9. The summed E-state index contributed by atoms with van der Waals surface area (Å²) in [4.78, 5) is 32.1. The molecule has 198 valence electrons. The molecule has 0 radical (unpaired) electrons. The third kappa shape index (κ3) is 5.16. The molecular weight excluding hydrogens is 500 g/mol. The molecule has 0 aliphatic carbocycles. The smallest absolute Gasteiger partial charge is 0.268 e. The standard InChI is InChI=1S/C29H32N4O4S/c1-5-18-9-7-10-19(15-18)24-11-12-25(38-24)26(34)32-28-31-20-16-21-23(37-29(3,4)27(35)30-21)17-22(20)33(28)13-8-14-36-6-2/h7,9-12,15-17H,5-6,8,13-14H2,1-4H3,(H,30,35)(H,31,32,34). The molecule has 2 aromatic heterocycles. The number of thiophene rings is 1. The molecule has 8 nitrogen and oxygen atoms in total. The second-order valence-electron chi connectivity index (χ2n) is 9.71. The molecule has 1 aliphatic rings. The van der Waals surface area contributed by atoms with Crippen LogP contribution in [0, 0.1) is 0 Å². The van der Waals surface area contributed by atoms with E-state index in [0.29, 0.717) is 47.5 Å². The molecular formula is C29H32N4O4S. The van der Waals surface area contributed by atoms with Crippen LogP contribution < -0.4 is 15.4 Å². The van der Waals surface area contributed by atoms with Crippen molar-refractivity contribution in [2.75, 3.05) is 23.8 Å². The average molecular weight is 533 g/mol. The summed E-state index contributed by atoms with van der Waals surface area (Å²) in [5, 5.41) is 5.92. The van der Waals surface area contributed by atoms with Crippen molar-refractivity contribution in [2.45, 2.75) is 52.7 Å². The maximum Gasteiger partial charge on any atom is 0.268 e. The van der Waals surface area contributed by atoms with Gasteiger partial charge in [-0.15, -0.1) is 11.3 Å². The van der Waals surface area contributed by atoms with Crippen molar-refractivity contribution in [3.05, 3.63) is 59.0 Å². The number of carbonyl (C=O) groups excluding carboxylic acids is 2. The molecule has 0 unspecified atom stereocenters. The van der Waals surface area contributed by atoms with Crippen molar-refractivity contribution >= 4 is 45.8 Å². The Morgan fingerprint density at radius 2 is 2.03 bits per heavy atom. The quantitative estimate of drug-likeness (QED) is 0.254. The van der Waals surface area contributed by atoms with Crippen LogP contribution in [0.5, 0.6) is 5.75 Å². The first-order valence-corrected chi connectivity index (χ1v) is 13.7. The Bertz CT molecular complexity index is 1500. The summed E-state index contributed by atoms with van der Waals surface area (Å²) in [6.45, 7) is 9.39. The minimum absolute atomic E-state index is 0.216. The number of nitrogens with one attached hydrogen (secondary N) is 2. The van der Waals surface area contributed by atoms with Crippen molar-refractivity contribution in [1.82, 2.24) is 9.55 Å². The number of hydrogen-bond donors (Lipinski definition) is 2. The summed E-state index contributed by atoms with van der Waals surface area (Å²) >= 11 is 1.45. The first kappa shape index (κ1) is 25.9. The first-order valence-electron chi connectivity index (χ1n) is 12.9. The van der Waals surface area contributed by atoms with Crippen molar-refractivity contribution in [3.63, 3.8) is 0 Å². The molecule has 3 heterocycles. The van der Waals surface area contributed by atoms with Crippen LogP contribution in [0.1, 0.15) is 49.4 Å². The van der Waals surface area contributed by atoms with Crippen LogP contribution in [0.3, 0.4) is 0 Å². The second-order valence-corrected chi connectivity index (χ2v) is 10.8. The van der Waals surface area contributed by atoms with Gasteiger partial charge in [0, 0.05) is 30.7 Å². The fraction of sp³-hybridized carbons (Fsp3) is 0.345. The average Bonchev–Trinajstić information content (AvgIpc) is 3.51. The number of hydrogen-bond acceptors (Lipinski definition) is 6. The van der Waals surface area contributed by atoms with Crippen LogP contribution in [0.15, 0.2) is 48.5 Å². The predicted molar refractivity (Wildman–Crippen MR) is 151 cm³/mol. The number of ether oxygens (including phenoxy) is 2. The zero-order chi connectivity index (χ0) is 26.9. The first-order chi connectivity index (χ1) is 18.3. The van der Waals surface area contributed by atoms with E-state index in [1.54, 1.807) is 19.9 Å². The number of benzene rings is 2. The lowest BCUT2D eigenvalue weighted by molar-refractivity contribution is -0.129. The van der Waals surface area contributed by atoms with Crippen LogP contribution in [0.25, 0.3) is 21.5 Å². The van der Waals surface area contributed by atoms with Crippen molar-refractivity contribution in [3.8, 4) is 16.2 Å². The van der Waals surface area contributed by atoms with E-state index < -0.39 is 5.60 Å². The summed E-state index contributed by atoms with van der Waals surface area (Å²) < 4.78 is 13.5. The maximum atomic E-state index is 13.3. The maximum absolute atomic E-state index is 13.3. The number of anilines is 2. The molecule has 0 atom stereocenters. The monoisotopic (exact) mass is 532 g/mol. The highest BCUT2D eigenvalue weighted by molar-refractivity contribution is 7.17. The van der Waals surface area contributed by atoms with Gasteiger partial charge in [-0.25, -0.2) is 4.98 Å². The largest absolute Gasteiger partial charge is 0.476 e. The van der Waals surface area contributed by atoms with Gasteiger partial charge in [0.15, 0.2) is 5.60 Å². The minimum atomic E-state index is -0.981. The number of fused-ring (bicyclic) bond motifs is 2. The molecule has 9 heteroatoms. The molecule has 38 heavy (non-hydrogen) atoms. The fourth-order valence-electron chi connectivity index (χ4n) is 4.44. The number of imidazole rings is 1. The summed E-state index contributed by atoms with van der Waals surface area (Å²) in [7, 11) is 0. The molecule has 0 bridgehead atoms. The van der Waals surface area contributed by atoms with E-state index in [0.717, 1.165) is 28.8 Å². The molecule has 2 amide bonds. The van der Waals surface area contributed by atoms with Gasteiger partial charge in [-0.3, -0.25) is 14.9 Å². The highest BCUT2D eigenvalue weighted by atomic mass is 32.1. The van der Waals surface area contributed by atoms with E-state index >= 15 is 0 Å². The molecule has 2 N–H and O–H groups in total. The Morgan fingerprint density at radius 3 is 2.82 bits per heavy atom. The molecule has 0 saturated carbocycles. The van der Waals surface area contributed by atoms with E-state index in [1.165, 1.54) is 16.9 Å². The van der Waals surface area contributed by atoms with Crippen LogP contribution in [0.2, 0.25) is 0 Å². The Balaban J connectivity index is 1.45. The predicted octanol–water partition coefficient (Wildman–Crippen LogP) is 6.12. The third-order valence-electron chi connectivity index (χ3n) is 6.56. The molecule has 0 spiro atoms. The van der Waals surface area contributed by atoms with Crippen molar-refractivity contribution < 1.29 is 19.1 Å². The highest BCUT2D eigenvalue weighted by Gasteiger charge is 2.36. The van der Waals surface area contributed by atoms with Crippen molar-refractivity contribution in [1.29, 1.82) is 0 Å². The van der Waals surface area contributed by atoms with Gasteiger partial charge in [-0.2, -0.15) is 0 Å². The highest BCUT2D eigenvalue weighted by Crippen LogP contribution is 2.38. The van der Waals surface area contributed by atoms with Gasteiger partial charge >= 0.3 is 0 Å².